The van der Waals surface area contributed by atoms with E-state index < -0.39 is 25.3 Å². The highest BCUT2D eigenvalue weighted by Gasteiger charge is 2.31. The fourth-order valence-corrected chi connectivity index (χ4v) is 1.66. The lowest BCUT2D eigenvalue weighted by Crippen LogP contribution is -2.36. The molecule has 0 saturated carbocycles. The summed E-state index contributed by atoms with van der Waals surface area (Å²) in [4.78, 5) is 12.4. The number of methoxy groups -OCH3 is 1. The van der Waals surface area contributed by atoms with Crippen molar-refractivity contribution in [2.24, 2.45) is 0 Å². The van der Waals surface area contributed by atoms with E-state index in [1.165, 1.54) is 18.2 Å². The van der Waals surface area contributed by atoms with Crippen LogP contribution in [0.2, 0.25) is 0 Å². The lowest BCUT2D eigenvalue weighted by Gasteiger charge is -2.25. The second kappa shape index (κ2) is 6.47. The molecular formula is C12H15F3N2O3. The van der Waals surface area contributed by atoms with E-state index in [1.807, 2.05) is 0 Å². The summed E-state index contributed by atoms with van der Waals surface area (Å²) in [5, 5.41) is 8.85. The summed E-state index contributed by atoms with van der Waals surface area (Å²) < 4.78 is 41.9. The van der Waals surface area contributed by atoms with E-state index in [9.17, 15) is 18.0 Å². The second-order valence-electron chi connectivity index (χ2n) is 4.02. The highest BCUT2D eigenvalue weighted by Crippen LogP contribution is 2.25. The molecule has 0 aliphatic carbocycles. The minimum atomic E-state index is -4.43. The number of nitrogen functional groups attached to an aromatic ring is 1. The summed E-state index contributed by atoms with van der Waals surface area (Å²) in [5.41, 5.74) is 5.80. The lowest BCUT2D eigenvalue weighted by molar-refractivity contribution is -0.119. The molecule has 20 heavy (non-hydrogen) atoms. The number of hydrogen-bond donors (Lipinski definition) is 2. The van der Waals surface area contributed by atoms with Crippen LogP contribution in [0.1, 0.15) is 10.4 Å². The largest absolute Gasteiger partial charge is 0.465 e. The summed E-state index contributed by atoms with van der Waals surface area (Å²) in [6.07, 6.45) is -4.43. The number of halogens is 3. The molecule has 0 aromatic heterocycles. The van der Waals surface area contributed by atoms with Gasteiger partial charge in [-0.05, 0) is 18.2 Å². The van der Waals surface area contributed by atoms with Crippen molar-refractivity contribution >= 4 is 17.3 Å². The average molecular weight is 292 g/mol. The van der Waals surface area contributed by atoms with Gasteiger partial charge in [-0.1, -0.05) is 0 Å². The number of carbonyl (C=O) groups excluding carboxylic acids is 1. The summed E-state index contributed by atoms with van der Waals surface area (Å²) in [6.45, 7) is -1.91. The smallest absolute Gasteiger partial charge is 0.405 e. The highest BCUT2D eigenvalue weighted by atomic mass is 19.4. The van der Waals surface area contributed by atoms with Crippen LogP contribution in [0.3, 0.4) is 0 Å². The normalized spacial score (nSPS) is 11.2. The minimum Gasteiger partial charge on any atom is -0.465 e. The Labute approximate surface area is 113 Å². The van der Waals surface area contributed by atoms with Crippen molar-refractivity contribution in [2.45, 2.75) is 6.18 Å². The zero-order chi connectivity index (χ0) is 15.3. The fraction of sp³-hybridized carbons (Fsp3) is 0.417. The standard InChI is InChI=1S/C12H15F3N2O3/c1-20-11(19)9-6-8(2-3-10(9)16)17(4-5-18)7-12(13,14)15/h2-3,6,18H,4-5,7,16H2,1H3. The molecule has 0 heterocycles. The number of rotatable bonds is 5. The minimum absolute atomic E-state index is 0.0184. The Bertz CT molecular complexity index is 478. The molecule has 0 fully saturated rings. The summed E-state index contributed by atoms with van der Waals surface area (Å²) in [5.74, 6) is -0.736. The van der Waals surface area contributed by atoms with Gasteiger partial charge in [0.15, 0.2) is 0 Å². The molecule has 0 bridgehead atoms. The third kappa shape index (κ3) is 4.30. The number of nitrogens with two attached hydrogens (primary N) is 1. The first-order valence-electron chi connectivity index (χ1n) is 5.69. The molecule has 3 N–H and O–H groups in total. The molecular weight excluding hydrogens is 277 g/mol. The molecule has 8 heteroatoms. The fourth-order valence-electron chi connectivity index (χ4n) is 1.66. The molecule has 0 spiro atoms. The highest BCUT2D eigenvalue weighted by molar-refractivity contribution is 5.96. The maximum absolute atomic E-state index is 12.5. The zero-order valence-electron chi connectivity index (χ0n) is 10.8. The van der Waals surface area contributed by atoms with Crippen molar-refractivity contribution in [3.63, 3.8) is 0 Å². The number of nitrogens with zero attached hydrogens (tertiary/aromatic N) is 1. The molecule has 0 aliphatic heterocycles. The lowest BCUT2D eigenvalue weighted by atomic mass is 10.1. The maximum Gasteiger partial charge on any atom is 0.405 e. The second-order valence-corrected chi connectivity index (χ2v) is 4.02. The van der Waals surface area contributed by atoms with Crippen LogP contribution in [0.25, 0.3) is 0 Å². The molecule has 0 atom stereocenters. The van der Waals surface area contributed by atoms with Gasteiger partial charge in [0.2, 0.25) is 0 Å². The van der Waals surface area contributed by atoms with Crippen molar-refractivity contribution in [1.82, 2.24) is 0 Å². The molecule has 0 aliphatic rings. The molecule has 0 unspecified atom stereocenters. The van der Waals surface area contributed by atoms with E-state index in [4.69, 9.17) is 10.8 Å². The Kier molecular flexibility index (Phi) is 5.20. The Balaban J connectivity index is 3.11. The van der Waals surface area contributed by atoms with Crippen LogP contribution in [-0.4, -0.2) is 44.1 Å². The van der Waals surface area contributed by atoms with Gasteiger partial charge in [0, 0.05) is 17.9 Å². The first kappa shape index (κ1) is 16.1. The molecule has 5 nitrogen and oxygen atoms in total. The predicted molar refractivity (Wildman–Crippen MR) is 67.5 cm³/mol. The van der Waals surface area contributed by atoms with Crippen LogP contribution < -0.4 is 10.6 Å². The van der Waals surface area contributed by atoms with Crippen molar-refractivity contribution in [1.29, 1.82) is 0 Å². The van der Waals surface area contributed by atoms with Gasteiger partial charge in [-0.2, -0.15) is 13.2 Å². The van der Waals surface area contributed by atoms with Gasteiger partial charge in [-0.25, -0.2) is 4.79 Å². The zero-order valence-corrected chi connectivity index (χ0v) is 10.8. The van der Waals surface area contributed by atoms with E-state index in [0.29, 0.717) is 0 Å². The third-order valence-corrected chi connectivity index (χ3v) is 2.55. The Morgan fingerprint density at radius 3 is 2.60 bits per heavy atom. The number of alkyl halides is 3. The van der Waals surface area contributed by atoms with Gasteiger partial charge in [0.1, 0.15) is 6.54 Å². The Hall–Kier alpha value is -1.96. The van der Waals surface area contributed by atoms with Crippen molar-refractivity contribution in [3.05, 3.63) is 23.8 Å². The monoisotopic (exact) mass is 292 g/mol. The number of aliphatic hydroxyl groups is 1. The number of esters is 1. The van der Waals surface area contributed by atoms with Crippen LogP contribution >= 0.6 is 0 Å². The van der Waals surface area contributed by atoms with E-state index in [0.717, 1.165) is 12.0 Å². The molecule has 0 amide bonds. The van der Waals surface area contributed by atoms with Gasteiger partial charge < -0.3 is 20.5 Å². The average Bonchev–Trinajstić information content (AvgIpc) is 2.36. The number of carbonyl (C=O) groups is 1. The van der Waals surface area contributed by atoms with Gasteiger partial charge in [0.05, 0.1) is 19.3 Å². The van der Waals surface area contributed by atoms with Gasteiger partial charge in [-0.3, -0.25) is 0 Å². The Morgan fingerprint density at radius 1 is 1.45 bits per heavy atom. The van der Waals surface area contributed by atoms with Gasteiger partial charge >= 0.3 is 12.1 Å². The quantitative estimate of drug-likeness (QED) is 0.634. The number of ether oxygens (including phenoxy) is 1. The molecule has 0 saturated heterocycles. The maximum atomic E-state index is 12.5. The van der Waals surface area contributed by atoms with Crippen LogP contribution in [0, 0.1) is 0 Å². The molecule has 1 aromatic rings. The van der Waals surface area contributed by atoms with Crippen molar-refractivity contribution < 1.29 is 27.8 Å². The summed E-state index contributed by atoms with van der Waals surface area (Å²) in [6, 6.07) is 3.88. The predicted octanol–water partition coefficient (Wildman–Crippen LogP) is 1.42. The van der Waals surface area contributed by atoms with Gasteiger partial charge in [0.25, 0.3) is 0 Å². The molecule has 112 valence electrons. The first-order valence-corrected chi connectivity index (χ1v) is 5.69. The summed E-state index contributed by atoms with van der Waals surface area (Å²) >= 11 is 0. The van der Waals surface area contributed by atoms with E-state index >= 15 is 0 Å². The summed E-state index contributed by atoms with van der Waals surface area (Å²) in [7, 11) is 1.15. The first-order chi connectivity index (χ1) is 9.28. The topological polar surface area (TPSA) is 75.8 Å². The van der Waals surface area contributed by atoms with Crippen LogP contribution in [0.4, 0.5) is 24.5 Å². The van der Waals surface area contributed by atoms with Crippen LogP contribution in [0.15, 0.2) is 18.2 Å². The van der Waals surface area contributed by atoms with Crippen molar-refractivity contribution in [3.8, 4) is 0 Å². The molecule has 0 radical (unpaired) electrons. The molecule has 1 rings (SSSR count). The number of aliphatic hydroxyl groups excluding tert-OH is 1. The van der Waals surface area contributed by atoms with Crippen molar-refractivity contribution in [2.75, 3.05) is 37.4 Å². The van der Waals surface area contributed by atoms with Crippen LogP contribution in [-0.2, 0) is 4.74 Å². The van der Waals surface area contributed by atoms with Crippen LogP contribution in [0.5, 0.6) is 0 Å². The number of anilines is 2. The molecule has 1 aromatic carbocycles. The SMILES string of the molecule is COC(=O)c1cc(N(CCO)CC(F)(F)F)ccc1N. The van der Waals surface area contributed by atoms with E-state index in [-0.39, 0.29) is 23.5 Å². The van der Waals surface area contributed by atoms with E-state index in [2.05, 4.69) is 4.74 Å². The van der Waals surface area contributed by atoms with E-state index in [1.54, 1.807) is 0 Å². The number of hydrogen-bond acceptors (Lipinski definition) is 5. The third-order valence-electron chi connectivity index (χ3n) is 2.55. The number of benzene rings is 1. The van der Waals surface area contributed by atoms with Gasteiger partial charge in [-0.15, -0.1) is 0 Å². The Morgan fingerprint density at radius 2 is 2.10 bits per heavy atom.